The highest BCUT2D eigenvalue weighted by Gasteiger charge is 2.29. The third-order valence-corrected chi connectivity index (χ3v) is 10.9. The van der Waals surface area contributed by atoms with Crippen molar-refractivity contribution in [3.63, 3.8) is 0 Å². The van der Waals surface area contributed by atoms with E-state index in [1.807, 2.05) is 0 Å². The van der Waals surface area contributed by atoms with Gasteiger partial charge in [-0.05, 0) is 50.2 Å². The molecule has 1 heterocycles. The quantitative estimate of drug-likeness (QED) is 0.0471. The van der Waals surface area contributed by atoms with Crippen LogP contribution < -0.4 is 31.7 Å². The minimum atomic E-state index is -0.870. The molecule has 9 amide bonds. The monoisotopic (exact) mass is 1020 g/mol. The average Bonchev–Trinajstić information content (AvgIpc) is 3.66. The number of benzene rings is 1. The Morgan fingerprint density at radius 2 is 1.38 bits per heavy atom. The fourth-order valence-electron chi connectivity index (χ4n) is 6.77. The second-order valence-electron chi connectivity index (χ2n) is 17.1. The van der Waals surface area contributed by atoms with Gasteiger partial charge < -0.3 is 65.2 Å². The first-order chi connectivity index (χ1) is 34.3. The van der Waals surface area contributed by atoms with Gasteiger partial charge in [-0.2, -0.15) is 0 Å². The Morgan fingerprint density at radius 3 is 1.99 bits per heavy atom. The van der Waals surface area contributed by atoms with Gasteiger partial charge in [-0.15, -0.1) is 0 Å². The molecule has 1 aliphatic rings. The summed E-state index contributed by atoms with van der Waals surface area (Å²) in [5, 5.41) is 10.7. The fraction of sp³-hybridized carbons (Fsp3) is 0.625. The number of methoxy groups -OCH3 is 1. The van der Waals surface area contributed by atoms with Crippen LogP contribution in [0.15, 0.2) is 30.4 Å². The Balaban J connectivity index is 1.89. The summed E-state index contributed by atoms with van der Waals surface area (Å²) in [7, 11) is 4.26. The Morgan fingerprint density at radius 1 is 0.764 bits per heavy atom. The van der Waals surface area contributed by atoms with E-state index in [2.05, 4.69) is 26.0 Å². The molecule has 1 aromatic carbocycles. The molecule has 24 heteroatoms. The van der Waals surface area contributed by atoms with Crippen LogP contribution >= 0.6 is 0 Å². The van der Waals surface area contributed by atoms with E-state index in [9.17, 15) is 47.9 Å². The van der Waals surface area contributed by atoms with E-state index < -0.39 is 53.8 Å². The number of carbonyl (C=O) groups is 10. The molecule has 72 heavy (non-hydrogen) atoms. The molecule has 0 aliphatic carbocycles. The van der Waals surface area contributed by atoms with Crippen molar-refractivity contribution in [2.45, 2.75) is 84.8 Å². The number of primary amides is 1. The predicted octanol–water partition coefficient (Wildman–Crippen LogP) is 2.07. The molecular formula is C48H74N8O16. The number of unbranched alkanes of at least 4 members (excludes halogenated alkanes) is 1. The van der Waals surface area contributed by atoms with Gasteiger partial charge in [-0.25, -0.2) is 14.4 Å². The van der Waals surface area contributed by atoms with Crippen molar-refractivity contribution < 1.29 is 76.4 Å². The van der Waals surface area contributed by atoms with Crippen LogP contribution in [0, 0.1) is 11.8 Å². The van der Waals surface area contributed by atoms with Crippen LogP contribution in [0.5, 0.6) is 5.75 Å². The second kappa shape index (κ2) is 34.6. The number of likely N-dealkylation sites (N-methyl/N-ethyl adjacent to an activating group) is 2. The number of hydrogen-bond acceptors (Lipinski definition) is 16. The molecule has 2 atom stereocenters. The van der Waals surface area contributed by atoms with Gasteiger partial charge in [0.05, 0.1) is 39.6 Å². The van der Waals surface area contributed by atoms with Crippen molar-refractivity contribution in [2.24, 2.45) is 17.6 Å². The second-order valence-corrected chi connectivity index (χ2v) is 17.1. The van der Waals surface area contributed by atoms with Crippen LogP contribution in [-0.4, -0.2) is 180 Å². The SMILES string of the molecule is COC(=O)N(C)CCN(C)C(=O)OCc1ccc(NC(=O)[C@H](CCCNC(N)=O)CC(=O)[C@@H](NC(C)=O)C(C)C)cc1OCC(=O)CCCCOCCOCCOCCCNC(=O)CCN1C(=O)C=CC1=O. The standard InChI is InChI=1S/C48H74N8O16/c1-33(2)44(52-34(3)57)39(59)29-35(11-9-18-51-46(49)64)45(63)53-37-14-13-36(31-72-48(66)55(5)22-21-54(4)47(65)67-6)40(30-37)71-32-38(58)12-7-8-23-68-25-27-70-28-26-69-24-10-19-50-41(60)17-20-56-42(61)15-16-43(56)62/h13-16,30,33,35,44H,7-12,17-29,31-32H2,1-6H3,(H,50,60)(H,52,57)(H,53,63)(H3,49,51,64)/t35-,44+/m1/s1. The highest BCUT2D eigenvalue weighted by molar-refractivity contribution is 6.13. The van der Waals surface area contributed by atoms with Crippen LogP contribution in [0.1, 0.15) is 77.7 Å². The zero-order valence-corrected chi connectivity index (χ0v) is 42.4. The first-order valence-corrected chi connectivity index (χ1v) is 23.9. The third-order valence-electron chi connectivity index (χ3n) is 10.9. The van der Waals surface area contributed by atoms with Gasteiger partial charge in [0.2, 0.25) is 17.7 Å². The normalized spacial score (nSPS) is 12.7. The van der Waals surface area contributed by atoms with E-state index >= 15 is 0 Å². The lowest BCUT2D eigenvalue weighted by Crippen LogP contribution is -2.44. The summed E-state index contributed by atoms with van der Waals surface area (Å²) in [5.74, 6) is -3.57. The smallest absolute Gasteiger partial charge is 0.409 e. The zero-order chi connectivity index (χ0) is 53.4. The van der Waals surface area contributed by atoms with Crippen molar-refractivity contribution in [3.05, 3.63) is 35.9 Å². The molecule has 0 saturated carbocycles. The predicted molar refractivity (Wildman–Crippen MR) is 260 cm³/mol. The molecule has 0 aromatic heterocycles. The summed E-state index contributed by atoms with van der Waals surface area (Å²) < 4.78 is 32.8. The maximum atomic E-state index is 13.8. The minimum absolute atomic E-state index is 0.0260. The number of rotatable bonds is 37. The molecule has 0 spiro atoms. The Kier molecular flexibility index (Phi) is 29.6. The van der Waals surface area contributed by atoms with E-state index in [1.165, 1.54) is 56.1 Å². The van der Waals surface area contributed by atoms with E-state index in [0.29, 0.717) is 77.4 Å². The van der Waals surface area contributed by atoms with Gasteiger partial charge in [-0.1, -0.05) is 13.8 Å². The van der Waals surface area contributed by atoms with Crippen molar-refractivity contribution in [2.75, 3.05) is 105 Å². The molecule has 0 radical (unpaired) electrons. The number of carbonyl (C=O) groups excluding carboxylic acids is 10. The van der Waals surface area contributed by atoms with E-state index in [1.54, 1.807) is 26.0 Å². The summed E-state index contributed by atoms with van der Waals surface area (Å²) in [6, 6.07) is 3.02. The summed E-state index contributed by atoms with van der Waals surface area (Å²) in [4.78, 5) is 127. The Hall–Kier alpha value is -6.66. The molecule has 0 fully saturated rings. The molecule has 6 N–H and O–H groups in total. The number of ketones is 2. The third kappa shape index (κ3) is 25.5. The van der Waals surface area contributed by atoms with Crippen LogP contribution in [0.25, 0.3) is 0 Å². The number of urea groups is 1. The number of amides is 9. The number of nitrogens with zero attached hydrogens (tertiary/aromatic N) is 3. The average molecular weight is 1020 g/mol. The largest absolute Gasteiger partial charge is 0.485 e. The molecule has 402 valence electrons. The van der Waals surface area contributed by atoms with Gasteiger partial charge in [0.15, 0.2) is 11.6 Å². The Bertz CT molecular complexity index is 1980. The molecule has 0 saturated heterocycles. The Labute approximate surface area is 420 Å². The first-order valence-electron chi connectivity index (χ1n) is 23.9. The maximum Gasteiger partial charge on any atom is 0.409 e. The van der Waals surface area contributed by atoms with Crippen molar-refractivity contribution in [3.8, 4) is 5.75 Å². The number of hydrogen-bond donors (Lipinski definition) is 5. The number of nitrogens with two attached hydrogens (primary N) is 1. The van der Waals surface area contributed by atoms with E-state index in [4.69, 9.17) is 29.4 Å². The lowest BCUT2D eigenvalue weighted by atomic mass is 9.89. The number of ether oxygens (including phenoxy) is 6. The molecule has 24 nitrogen and oxygen atoms in total. The zero-order valence-electron chi connectivity index (χ0n) is 42.4. The number of Topliss-reactive ketones (excluding diaryl/α,β-unsaturated/α-hetero) is 2. The highest BCUT2D eigenvalue weighted by atomic mass is 16.6. The molecule has 1 aromatic rings. The summed E-state index contributed by atoms with van der Waals surface area (Å²) in [6.45, 7) is 7.32. The van der Waals surface area contributed by atoms with Gasteiger partial charge in [-0.3, -0.25) is 38.5 Å². The molecule has 2 rings (SSSR count). The van der Waals surface area contributed by atoms with Gasteiger partial charge in [0.25, 0.3) is 11.8 Å². The van der Waals surface area contributed by atoms with Crippen molar-refractivity contribution in [1.29, 1.82) is 0 Å². The first kappa shape index (κ1) is 61.5. The van der Waals surface area contributed by atoms with Crippen LogP contribution in [0.4, 0.5) is 20.1 Å². The maximum absolute atomic E-state index is 13.8. The van der Waals surface area contributed by atoms with E-state index in [0.717, 1.165) is 4.90 Å². The van der Waals surface area contributed by atoms with Gasteiger partial charge in [0, 0.05) is 122 Å². The van der Waals surface area contributed by atoms with Gasteiger partial charge >= 0.3 is 18.2 Å². The van der Waals surface area contributed by atoms with E-state index in [-0.39, 0.29) is 99.9 Å². The minimum Gasteiger partial charge on any atom is -0.485 e. The number of imide groups is 1. The summed E-state index contributed by atoms with van der Waals surface area (Å²) in [5.41, 5.74) is 5.83. The number of anilines is 1. The van der Waals surface area contributed by atoms with Gasteiger partial charge in [0.1, 0.15) is 19.0 Å². The molecule has 0 bridgehead atoms. The summed E-state index contributed by atoms with van der Waals surface area (Å²) >= 11 is 0. The topological polar surface area (TPSA) is 310 Å². The lowest BCUT2D eigenvalue weighted by Gasteiger charge is -2.23. The highest BCUT2D eigenvalue weighted by Crippen LogP contribution is 2.27. The van der Waals surface area contributed by atoms with Crippen molar-refractivity contribution >= 4 is 65.0 Å². The molecular weight excluding hydrogens is 945 g/mol. The van der Waals surface area contributed by atoms with Crippen LogP contribution in [0.3, 0.4) is 0 Å². The molecule has 0 unspecified atom stereocenters. The number of nitrogens with one attached hydrogen (secondary N) is 4. The summed E-state index contributed by atoms with van der Waals surface area (Å²) in [6.07, 6.45) is 3.27. The van der Waals surface area contributed by atoms with Crippen LogP contribution in [0.2, 0.25) is 0 Å². The lowest BCUT2D eigenvalue weighted by molar-refractivity contribution is -0.137. The van der Waals surface area contributed by atoms with Crippen LogP contribution in [-0.2, 0) is 63.9 Å². The van der Waals surface area contributed by atoms with Crippen molar-refractivity contribution in [1.82, 2.24) is 30.7 Å². The fourth-order valence-corrected chi connectivity index (χ4v) is 6.77. The molecule has 1 aliphatic heterocycles.